The number of rotatable bonds is 6. The van der Waals surface area contributed by atoms with Gasteiger partial charge < -0.3 is 15.5 Å². The second kappa shape index (κ2) is 9.50. The van der Waals surface area contributed by atoms with Crippen LogP contribution >= 0.6 is 11.8 Å². The average molecular weight is 418 g/mol. The first-order valence-electron chi connectivity index (χ1n) is 9.88. The fourth-order valence-corrected chi connectivity index (χ4v) is 4.37. The summed E-state index contributed by atoms with van der Waals surface area (Å²) < 4.78 is 0. The number of anilines is 1. The molecule has 0 aliphatic carbocycles. The third-order valence-corrected chi connectivity index (χ3v) is 5.96. The van der Waals surface area contributed by atoms with Gasteiger partial charge in [0.05, 0.1) is 11.7 Å². The fourth-order valence-electron chi connectivity index (χ4n) is 3.44. The fraction of sp³-hybridized carbons (Fsp3) is 0.167. The zero-order valence-corrected chi connectivity index (χ0v) is 17.3. The number of hydrogen-bond acceptors (Lipinski definition) is 3. The van der Waals surface area contributed by atoms with Crippen LogP contribution in [-0.4, -0.2) is 29.4 Å². The zero-order chi connectivity index (χ0) is 20.8. The number of nitrogens with zero attached hydrogens (tertiary/aromatic N) is 1. The third-order valence-electron chi connectivity index (χ3n) is 4.87. The summed E-state index contributed by atoms with van der Waals surface area (Å²) in [5.41, 5.74) is 1.83. The predicted molar refractivity (Wildman–Crippen MR) is 119 cm³/mol. The number of para-hydroxylation sites is 1. The highest BCUT2D eigenvalue weighted by atomic mass is 32.2. The zero-order valence-electron chi connectivity index (χ0n) is 16.5. The van der Waals surface area contributed by atoms with Crippen LogP contribution in [0.15, 0.2) is 94.7 Å². The van der Waals surface area contributed by atoms with Crippen LogP contribution in [0, 0.1) is 0 Å². The SMILES string of the molecule is O=C(Nc1ccccc1Sc1ccccc1)NC1CC(=O)N(Cc2ccccc2)C1. The first-order chi connectivity index (χ1) is 14.7. The van der Waals surface area contributed by atoms with E-state index in [1.54, 1.807) is 16.7 Å². The molecule has 3 aromatic carbocycles. The minimum Gasteiger partial charge on any atom is -0.336 e. The van der Waals surface area contributed by atoms with Gasteiger partial charge in [-0.2, -0.15) is 0 Å². The standard InChI is InChI=1S/C24H23N3O2S/c28-23-15-19(17-27(23)16-18-9-3-1-4-10-18)25-24(29)26-21-13-7-8-14-22(21)30-20-11-5-2-6-12-20/h1-14,19H,15-17H2,(H2,25,26,29). The maximum absolute atomic E-state index is 12.6. The molecule has 1 aliphatic heterocycles. The number of amides is 3. The topological polar surface area (TPSA) is 61.4 Å². The van der Waals surface area contributed by atoms with Crippen LogP contribution in [0.4, 0.5) is 10.5 Å². The molecule has 0 bridgehead atoms. The van der Waals surface area contributed by atoms with Crippen molar-refractivity contribution >= 4 is 29.4 Å². The van der Waals surface area contributed by atoms with E-state index in [9.17, 15) is 9.59 Å². The second-order valence-corrected chi connectivity index (χ2v) is 8.29. The van der Waals surface area contributed by atoms with Crippen molar-refractivity contribution in [3.8, 4) is 0 Å². The van der Waals surface area contributed by atoms with E-state index in [-0.39, 0.29) is 18.0 Å². The van der Waals surface area contributed by atoms with E-state index in [0.29, 0.717) is 19.5 Å². The van der Waals surface area contributed by atoms with Crippen molar-refractivity contribution in [2.24, 2.45) is 0 Å². The van der Waals surface area contributed by atoms with Crippen LogP contribution in [-0.2, 0) is 11.3 Å². The highest BCUT2D eigenvalue weighted by Gasteiger charge is 2.30. The molecular formula is C24H23N3O2S. The summed E-state index contributed by atoms with van der Waals surface area (Å²) >= 11 is 1.60. The van der Waals surface area contributed by atoms with Gasteiger partial charge in [-0.3, -0.25) is 4.79 Å². The Balaban J connectivity index is 1.35. The van der Waals surface area contributed by atoms with Crippen molar-refractivity contribution in [3.05, 3.63) is 90.5 Å². The lowest BCUT2D eigenvalue weighted by Crippen LogP contribution is -2.39. The van der Waals surface area contributed by atoms with Crippen molar-refractivity contribution in [3.63, 3.8) is 0 Å². The normalized spacial score (nSPS) is 15.8. The van der Waals surface area contributed by atoms with E-state index < -0.39 is 0 Å². The van der Waals surface area contributed by atoms with Gasteiger partial charge in [-0.1, -0.05) is 72.4 Å². The van der Waals surface area contributed by atoms with Gasteiger partial charge >= 0.3 is 6.03 Å². The highest BCUT2D eigenvalue weighted by molar-refractivity contribution is 7.99. The quantitative estimate of drug-likeness (QED) is 0.608. The van der Waals surface area contributed by atoms with Crippen LogP contribution in [0.2, 0.25) is 0 Å². The number of urea groups is 1. The molecule has 1 fully saturated rings. The molecule has 152 valence electrons. The maximum Gasteiger partial charge on any atom is 0.319 e. The first kappa shape index (κ1) is 20.0. The van der Waals surface area contributed by atoms with Gasteiger partial charge in [0, 0.05) is 29.3 Å². The van der Waals surface area contributed by atoms with Crippen LogP contribution < -0.4 is 10.6 Å². The van der Waals surface area contributed by atoms with E-state index >= 15 is 0 Å². The number of hydrogen-bond donors (Lipinski definition) is 2. The largest absolute Gasteiger partial charge is 0.336 e. The molecule has 1 heterocycles. The van der Waals surface area contributed by atoms with Gasteiger partial charge in [0.15, 0.2) is 0 Å². The van der Waals surface area contributed by atoms with E-state index in [4.69, 9.17) is 0 Å². The van der Waals surface area contributed by atoms with Crippen molar-refractivity contribution in [2.75, 3.05) is 11.9 Å². The molecule has 5 nitrogen and oxygen atoms in total. The summed E-state index contributed by atoms with van der Waals surface area (Å²) in [6.45, 7) is 1.08. The number of nitrogens with one attached hydrogen (secondary N) is 2. The molecular weight excluding hydrogens is 394 g/mol. The Morgan fingerprint density at radius 3 is 2.37 bits per heavy atom. The lowest BCUT2D eigenvalue weighted by Gasteiger charge is -2.18. The van der Waals surface area contributed by atoms with Gasteiger partial charge in [0.1, 0.15) is 0 Å². The van der Waals surface area contributed by atoms with Crippen molar-refractivity contribution < 1.29 is 9.59 Å². The molecule has 1 atom stereocenters. The molecule has 4 rings (SSSR count). The second-order valence-electron chi connectivity index (χ2n) is 7.17. The first-order valence-corrected chi connectivity index (χ1v) is 10.7. The number of carbonyl (C=O) groups excluding carboxylic acids is 2. The summed E-state index contributed by atoms with van der Waals surface area (Å²) in [4.78, 5) is 28.8. The van der Waals surface area contributed by atoms with Crippen molar-refractivity contribution in [1.82, 2.24) is 10.2 Å². The lowest BCUT2D eigenvalue weighted by atomic mass is 10.2. The van der Waals surface area contributed by atoms with Crippen LogP contribution in [0.5, 0.6) is 0 Å². The van der Waals surface area contributed by atoms with Crippen LogP contribution in [0.1, 0.15) is 12.0 Å². The molecule has 0 aromatic heterocycles. The van der Waals surface area contributed by atoms with E-state index in [1.165, 1.54) is 0 Å². The van der Waals surface area contributed by atoms with Crippen LogP contribution in [0.25, 0.3) is 0 Å². The minimum atomic E-state index is -0.296. The Hall–Kier alpha value is -3.25. The maximum atomic E-state index is 12.6. The number of carbonyl (C=O) groups is 2. The Bertz CT molecular complexity index is 1010. The third kappa shape index (κ3) is 5.21. The lowest BCUT2D eigenvalue weighted by molar-refractivity contribution is -0.128. The van der Waals surface area contributed by atoms with Crippen molar-refractivity contribution in [1.29, 1.82) is 0 Å². The summed E-state index contributed by atoms with van der Waals surface area (Å²) in [5, 5.41) is 5.88. The summed E-state index contributed by atoms with van der Waals surface area (Å²) in [7, 11) is 0. The van der Waals surface area contributed by atoms with Crippen molar-refractivity contribution in [2.45, 2.75) is 28.8 Å². The number of benzene rings is 3. The molecule has 6 heteroatoms. The molecule has 0 radical (unpaired) electrons. The Morgan fingerprint density at radius 2 is 1.60 bits per heavy atom. The molecule has 3 amide bonds. The van der Waals surface area contributed by atoms with Gasteiger partial charge in [0.25, 0.3) is 0 Å². The molecule has 1 unspecified atom stereocenters. The molecule has 3 aromatic rings. The smallest absolute Gasteiger partial charge is 0.319 e. The molecule has 2 N–H and O–H groups in total. The summed E-state index contributed by atoms with van der Waals surface area (Å²) in [6.07, 6.45) is 0.320. The highest BCUT2D eigenvalue weighted by Crippen LogP contribution is 2.33. The Morgan fingerprint density at radius 1 is 0.933 bits per heavy atom. The van der Waals surface area contributed by atoms with Crippen LogP contribution in [0.3, 0.4) is 0 Å². The van der Waals surface area contributed by atoms with E-state index in [2.05, 4.69) is 10.6 Å². The summed E-state index contributed by atoms with van der Waals surface area (Å²) in [5.74, 6) is 0.0594. The Kier molecular flexibility index (Phi) is 6.35. The van der Waals surface area contributed by atoms with Gasteiger partial charge in [-0.05, 0) is 29.8 Å². The van der Waals surface area contributed by atoms with Gasteiger partial charge in [-0.25, -0.2) is 4.79 Å². The Labute approximate surface area is 180 Å². The van der Waals surface area contributed by atoms with E-state index in [0.717, 1.165) is 21.0 Å². The van der Waals surface area contributed by atoms with Gasteiger partial charge in [0.2, 0.25) is 5.91 Å². The minimum absolute atomic E-state index is 0.0594. The monoisotopic (exact) mass is 417 g/mol. The number of likely N-dealkylation sites (tertiary alicyclic amines) is 1. The summed E-state index contributed by atoms with van der Waals surface area (Å²) in [6, 6.07) is 27.1. The molecule has 1 aliphatic rings. The average Bonchev–Trinajstić information content (AvgIpc) is 3.09. The molecule has 1 saturated heterocycles. The van der Waals surface area contributed by atoms with E-state index in [1.807, 2.05) is 84.9 Å². The van der Waals surface area contributed by atoms with Gasteiger partial charge in [-0.15, -0.1) is 0 Å². The molecule has 30 heavy (non-hydrogen) atoms. The molecule has 0 spiro atoms. The predicted octanol–water partition coefficient (Wildman–Crippen LogP) is 4.76. The molecule has 0 saturated carbocycles.